The number of hydrogen-bond acceptors (Lipinski definition) is 32. The molecule has 32 nitrogen and oxygen atoms in total. The fraction of sp³-hybridized carbons (Fsp3) is 1.00. The molecule has 4 atom stereocenters. The normalized spacial score (nSPS) is 24.7. The molecule has 0 N–H and O–H groups in total. The van der Waals surface area contributed by atoms with Gasteiger partial charge < -0.3 is 125 Å². The Labute approximate surface area is 513 Å². The second-order valence-corrected chi connectivity index (χ2v) is 43.3. The van der Waals surface area contributed by atoms with E-state index in [1.54, 1.807) is 142 Å². The Morgan fingerprint density at radius 1 is 0.294 bits per heavy atom. The average Bonchev–Trinajstić information content (AvgIpc) is 3.72. The zero-order valence-corrected chi connectivity index (χ0v) is 62.2. The summed E-state index contributed by atoms with van der Waals surface area (Å²) >= 11 is 0. The first-order valence-corrected chi connectivity index (χ1v) is 43.1. The van der Waals surface area contributed by atoms with Gasteiger partial charge in [0.1, 0.15) is 0 Å². The summed E-state index contributed by atoms with van der Waals surface area (Å²) in [7, 11) is 5.82. The lowest BCUT2D eigenvalue weighted by atomic mass is 9.92. The van der Waals surface area contributed by atoms with Crippen LogP contribution in [0.4, 0.5) is 0 Å². The van der Waals surface area contributed by atoms with Gasteiger partial charge in [-0.3, -0.25) is 19.6 Å². The maximum Gasteiger partial charge on any atom is 0.515 e. The number of ether oxygens (including phenoxy) is 4. The van der Waals surface area contributed by atoms with Gasteiger partial charge in [0.2, 0.25) is 0 Å². The largest absolute Gasteiger partial charge is 0.515 e. The van der Waals surface area contributed by atoms with Crippen LogP contribution in [0, 0.1) is 5.41 Å². The van der Waals surface area contributed by atoms with Gasteiger partial charge in [-0.1, -0.05) is 0 Å². The van der Waals surface area contributed by atoms with E-state index in [9.17, 15) is 0 Å². The maximum atomic E-state index is 6.84. The molecule has 0 aliphatic carbocycles. The Bertz CT molecular complexity index is 1550. The van der Waals surface area contributed by atoms with Gasteiger partial charge in [-0.15, -0.1) is 0 Å². The van der Waals surface area contributed by atoms with Gasteiger partial charge in [0.05, 0.1) is 132 Å². The Hall–Kier alpha value is 0.455. The highest BCUT2D eigenvalue weighted by Gasteiger charge is 2.56. The molecule has 0 aromatic heterocycles. The summed E-state index contributed by atoms with van der Waals surface area (Å²) in [6.45, 7) is 2.06. The van der Waals surface area contributed by atoms with Crippen molar-refractivity contribution in [3.63, 3.8) is 0 Å². The third kappa shape index (κ3) is 21.2. The highest BCUT2D eigenvalue weighted by molar-refractivity contribution is 6.65. The predicted molar refractivity (Wildman–Crippen MR) is 317 cm³/mol. The molecule has 40 heteroatoms. The first-order chi connectivity index (χ1) is 40.7. The molecule has 4 unspecified atom stereocenters. The highest BCUT2D eigenvalue weighted by Crippen LogP contribution is 2.30. The van der Waals surface area contributed by atoms with Crippen LogP contribution in [0.2, 0.25) is 0 Å². The van der Waals surface area contributed by atoms with E-state index in [1.165, 1.54) is 0 Å². The van der Waals surface area contributed by atoms with E-state index >= 15 is 0 Å². The van der Waals surface area contributed by atoms with Crippen molar-refractivity contribution in [1.29, 1.82) is 0 Å². The standard InChI is InChI=1S/C45H104N4O28Si8/c1-50-78(51-2,52-3)33-46-21-41(74-82(37-46,62-13)63-14)25-70-29-45(30-71-26-42-22-47(34-79(53-4,54-5)55-6)38-83(64-15,65-16)75-42,31-72-27-43-23-48(35-80(56-7,57-8)58-9)39-84(66-17,67-18)76-43)32-73-28-44-24-49(36-81(59-10,60-11)61-12)40-85(68-19,69-20)77-44/h41-44H,21-40H2,1-20H3. The molecule has 504 valence electrons. The van der Waals surface area contributed by atoms with Crippen molar-refractivity contribution < 1.29 is 125 Å². The first-order valence-electron chi connectivity index (χ1n) is 27.6. The van der Waals surface area contributed by atoms with Crippen molar-refractivity contribution in [1.82, 2.24) is 19.6 Å². The molecule has 4 heterocycles. The van der Waals surface area contributed by atoms with Crippen LogP contribution < -0.4 is 0 Å². The molecule has 0 bridgehead atoms. The van der Waals surface area contributed by atoms with Crippen molar-refractivity contribution >= 4 is 70.4 Å². The second-order valence-electron chi connectivity index (χ2n) is 20.7. The quantitative estimate of drug-likeness (QED) is 0.0575. The van der Waals surface area contributed by atoms with Crippen molar-refractivity contribution in [3.05, 3.63) is 0 Å². The summed E-state index contributed by atoms with van der Waals surface area (Å²) in [5, 5.41) is 0. The van der Waals surface area contributed by atoms with E-state index in [4.69, 9.17) is 125 Å². The summed E-state index contributed by atoms with van der Waals surface area (Å²) in [6, 6.07) is 0. The van der Waals surface area contributed by atoms with E-state index in [-0.39, 0.29) is 52.9 Å². The number of rotatable bonds is 44. The minimum absolute atomic E-state index is 0.0244. The lowest BCUT2D eigenvalue weighted by Gasteiger charge is -2.44. The van der Waals surface area contributed by atoms with Crippen LogP contribution >= 0.6 is 0 Å². The Morgan fingerprint density at radius 2 is 0.459 bits per heavy atom. The third-order valence-electron chi connectivity index (χ3n) is 15.6. The molecular formula is C45H104N4O28Si8. The zero-order chi connectivity index (χ0) is 63.1. The number of hydrogen-bond donors (Lipinski definition) is 0. The summed E-state index contributed by atoms with van der Waals surface area (Å²) in [6.07, 6.45) is 0.598. The lowest BCUT2D eigenvalue weighted by Crippen LogP contribution is -2.66. The second kappa shape index (κ2) is 36.8. The molecule has 4 fully saturated rings. The molecule has 4 rings (SSSR count). The van der Waals surface area contributed by atoms with Crippen molar-refractivity contribution in [2.24, 2.45) is 5.41 Å². The molecular weight excluding hydrogens is 1270 g/mol. The summed E-state index contributed by atoms with van der Waals surface area (Å²) < 4.78 is 172. The zero-order valence-electron chi connectivity index (χ0n) is 54.2. The van der Waals surface area contributed by atoms with Gasteiger partial charge in [0.25, 0.3) is 0 Å². The van der Waals surface area contributed by atoms with E-state index in [2.05, 4.69) is 19.6 Å². The van der Waals surface area contributed by atoms with Gasteiger partial charge in [0, 0.05) is 168 Å². The SMILES string of the molecule is CO[Si](CN1CC(COCC(COCC2CN(C[Si](OC)(OC)OC)C[Si](OC)(OC)O2)(COCC2CN(C[Si](OC)(OC)OC)C[Si](OC)(OC)O2)COCC2CN(C[Si](OC)(OC)OC)C[Si](OC)(OC)O2)O[Si](OC)(OC)C1)(OC)OC. The molecule has 0 aromatic rings. The monoisotopic (exact) mass is 1370 g/mol. The maximum absolute atomic E-state index is 6.84. The molecule has 0 radical (unpaired) electrons. The van der Waals surface area contributed by atoms with Gasteiger partial charge in [-0.05, 0) is 0 Å². The minimum Gasteiger partial charge on any atom is -0.378 e. The molecule has 4 saturated heterocycles. The van der Waals surface area contributed by atoms with Crippen LogP contribution in [0.25, 0.3) is 0 Å². The molecule has 0 aromatic carbocycles. The number of nitrogens with zero attached hydrogens (tertiary/aromatic N) is 4. The molecule has 0 amide bonds. The predicted octanol–water partition coefficient (Wildman–Crippen LogP) is -2.40. The fourth-order valence-corrected chi connectivity index (χ4v) is 26.8. The minimum atomic E-state index is -3.29. The fourth-order valence-electron chi connectivity index (χ4n) is 10.6. The van der Waals surface area contributed by atoms with Crippen LogP contribution in [-0.2, 0) is 125 Å². The van der Waals surface area contributed by atoms with Crippen molar-refractivity contribution in [3.8, 4) is 0 Å². The van der Waals surface area contributed by atoms with Gasteiger partial charge in [0.15, 0.2) is 0 Å². The molecule has 0 saturated carbocycles. The van der Waals surface area contributed by atoms with Gasteiger partial charge in [-0.2, -0.15) is 0 Å². The molecule has 85 heavy (non-hydrogen) atoms. The third-order valence-corrected chi connectivity index (χ3v) is 37.5. The topological polar surface area (TPSA) is 271 Å². The summed E-state index contributed by atoms with van der Waals surface area (Å²) in [4.78, 5) is 8.45. The lowest BCUT2D eigenvalue weighted by molar-refractivity contribution is -0.142. The van der Waals surface area contributed by atoms with Crippen LogP contribution in [-0.4, -0.2) is 385 Å². The van der Waals surface area contributed by atoms with E-state index in [0.29, 0.717) is 75.5 Å². The van der Waals surface area contributed by atoms with Crippen molar-refractivity contribution in [2.45, 2.75) is 24.4 Å². The highest BCUT2D eigenvalue weighted by atomic mass is 28.4. The Kier molecular flexibility index (Phi) is 33.7. The van der Waals surface area contributed by atoms with Gasteiger partial charge in [-0.25, -0.2) is 0 Å². The molecule has 0 spiro atoms. The first kappa shape index (κ1) is 77.9. The van der Waals surface area contributed by atoms with Crippen molar-refractivity contribution in [2.75, 3.05) is 271 Å². The molecule has 4 aliphatic rings. The van der Waals surface area contributed by atoms with Crippen LogP contribution in [0.3, 0.4) is 0 Å². The van der Waals surface area contributed by atoms with Crippen LogP contribution in [0.15, 0.2) is 0 Å². The van der Waals surface area contributed by atoms with E-state index in [1.807, 2.05) is 0 Å². The molecule has 4 aliphatic heterocycles. The van der Waals surface area contributed by atoms with Crippen LogP contribution in [0.5, 0.6) is 0 Å². The van der Waals surface area contributed by atoms with E-state index in [0.717, 1.165) is 0 Å². The smallest absolute Gasteiger partial charge is 0.378 e. The summed E-state index contributed by atoms with van der Waals surface area (Å²) in [5.74, 6) is 0. The van der Waals surface area contributed by atoms with Crippen LogP contribution in [0.1, 0.15) is 0 Å². The van der Waals surface area contributed by atoms with E-state index < -0.39 is 100 Å². The summed E-state index contributed by atoms with van der Waals surface area (Å²) in [5.41, 5.74) is -1.07. The Balaban J connectivity index is 1.77. The Morgan fingerprint density at radius 3 is 0.600 bits per heavy atom. The average molecular weight is 1370 g/mol. The van der Waals surface area contributed by atoms with Gasteiger partial charge >= 0.3 is 70.4 Å².